The van der Waals surface area contributed by atoms with Gasteiger partial charge in [-0.1, -0.05) is 23.7 Å². The molecule has 0 saturated carbocycles. The molecule has 108 valence electrons. The van der Waals surface area contributed by atoms with Gasteiger partial charge in [0, 0.05) is 32.8 Å². The van der Waals surface area contributed by atoms with Gasteiger partial charge in [0.2, 0.25) is 0 Å². The Hall–Kier alpha value is -0.390. The zero-order valence-corrected chi connectivity index (χ0v) is 14.4. The summed E-state index contributed by atoms with van der Waals surface area (Å²) in [4.78, 5) is 3.53. The van der Waals surface area contributed by atoms with Crippen LogP contribution in [-0.2, 0) is 6.54 Å². The van der Waals surface area contributed by atoms with E-state index < -0.39 is 6.10 Å². The van der Waals surface area contributed by atoms with Gasteiger partial charge in [-0.2, -0.15) is 0 Å². The van der Waals surface area contributed by atoms with Crippen molar-refractivity contribution in [3.05, 3.63) is 55.6 Å². The van der Waals surface area contributed by atoms with Gasteiger partial charge in [0.25, 0.3) is 0 Å². The topological polar surface area (TPSA) is 23.5 Å². The average molecular weight is 375 g/mol. The second-order valence-corrected chi connectivity index (χ2v) is 7.18. The second-order valence-electron chi connectivity index (χ2n) is 4.83. The maximum absolute atomic E-state index is 10.2. The van der Waals surface area contributed by atoms with Crippen LogP contribution in [-0.4, -0.2) is 23.6 Å². The van der Waals surface area contributed by atoms with Crippen molar-refractivity contribution in [2.24, 2.45) is 0 Å². The van der Waals surface area contributed by atoms with Crippen molar-refractivity contribution in [1.82, 2.24) is 4.90 Å². The summed E-state index contributed by atoms with van der Waals surface area (Å²) in [6.07, 6.45) is 0.231. The van der Waals surface area contributed by atoms with Gasteiger partial charge in [0.15, 0.2) is 0 Å². The first-order valence-corrected chi connectivity index (χ1v) is 8.44. The van der Waals surface area contributed by atoms with Crippen LogP contribution in [0.5, 0.6) is 0 Å². The maximum atomic E-state index is 10.2. The number of halogens is 2. The molecule has 0 radical (unpaired) electrons. The van der Waals surface area contributed by atoms with Crippen molar-refractivity contribution in [2.45, 2.75) is 19.1 Å². The van der Waals surface area contributed by atoms with Crippen molar-refractivity contribution in [1.29, 1.82) is 0 Å². The van der Waals surface area contributed by atoms with Crippen LogP contribution in [0.25, 0.3) is 0 Å². The van der Waals surface area contributed by atoms with E-state index in [1.165, 1.54) is 4.88 Å². The van der Waals surface area contributed by atoms with Crippen LogP contribution >= 0.6 is 38.9 Å². The normalized spacial score (nSPS) is 12.8. The Labute approximate surface area is 137 Å². The Balaban J connectivity index is 1.82. The standard InChI is InChI=1S/C15H17BrClNOS/c1-18(9-14-8-12(16)10-20-14)6-5-15(19)11-3-2-4-13(17)7-11/h2-4,7-8,10,15,19H,5-6,9H2,1H3. The van der Waals surface area contributed by atoms with Crippen LogP contribution in [0.2, 0.25) is 5.02 Å². The fourth-order valence-corrected chi connectivity index (χ4v) is 3.73. The number of rotatable bonds is 6. The number of benzene rings is 1. The highest BCUT2D eigenvalue weighted by Gasteiger charge is 2.10. The largest absolute Gasteiger partial charge is 0.388 e. The van der Waals surface area contributed by atoms with Gasteiger partial charge < -0.3 is 10.0 Å². The van der Waals surface area contributed by atoms with Gasteiger partial charge in [-0.05, 0) is 53.2 Å². The predicted molar refractivity (Wildman–Crippen MR) is 89.4 cm³/mol. The summed E-state index contributed by atoms with van der Waals surface area (Å²) < 4.78 is 1.13. The molecule has 1 N–H and O–H groups in total. The molecule has 2 rings (SSSR count). The Morgan fingerprint density at radius 1 is 1.40 bits per heavy atom. The summed E-state index contributed by atoms with van der Waals surface area (Å²) >= 11 is 11.1. The average Bonchev–Trinajstić information content (AvgIpc) is 2.81. The first-order valence-electron chi connectivity index (χ1n) is 6.39. The van der Waals surface area contributed by atoms with Gasteiger partial charge >= 0.3 is 0 Å². The highest BCUT2D eigenvalue weighted by Crippen LogP contribution is 2.23. The third-order valence-corrected chi connectivity index (χ3v) is 4.98. The zero-order chi connectivity index (χ0) is 14.5. The fourth-order valence-electron chi connectivity index (χ4n) is 2.01. The number of thiophene rings is 1. The molecule has 0 fully saturated rings. The van der Waals surface area contributed by atoms with Gasteiger partial charge in [0.1, 0.15) is 0 Å². The lowest BCUT2D eigenvalue weighted by atomic mass is 10.1. The Kier molecular flexibility index (Phi) is 6.05. The molecule has 0 bridgehead atoms. The van der Waals surface area contributed by atoms with Crippen LogP contribution in [0.4, 0.5) is 0 Å². The maximum Gasteiger partial charge on any atom is 0.0802 e. The molecule has 5 heteroatoms. The van der Waals surface area contributed by atoms with Gasteiger partial charge in [0.05, 0.1) is 6.10 Å². The molecule has 0 spiro atoms. The number of aliphatic hydroxyl groups is 1. The van der Waals surface area contributed by atoms with E-state index in [4.69, 9.17) is 11.6 Å². The zero-order valence-electron chi connectivity index (χ0n) is 11.2. The van der Waals surface area contributed by atoms with E-state index >= 15 is 0 Å². The van der Waals surface area contributed by atoms with Crippen LogP contribution in [0.3, 0.4) is 0 Å². The van der Waals surface area contributed by atoms with E-state index in [1.807, 2.05) is 24.3 Å². The summed E-state index contributed by atoms with van der Waals surface area (Å²) in [6.45, 7) is 1.74. The van der Waals surface area contributed by atoms with Gasteiger partial charge in [-0.25, -0.2) is 0 Å². The smallest absolute Gasteiger partial charge is 0.0802 e. The predicted octanol–water partition coefficient (Wildman–Crippen LogP) is 4.72. The van der Waals surface area contributed by atoms with Crippen LogP contribution in [0.15, 0.2) is 40.2 Å². The molecule has 0 aliphatic heterocycles. The fraction of sp³-hybridized carbons (Fsp3) is 0.333. The monoisotopic (exact) mass is 373 g/mol. The summed E-state index contributed by atoms with van der Waals surface area (Å²) in [5.74, 6) is 0. The van der Waals surface area contributed by atoms with Crippen molar-refractivity contribution in [3.63, 3.8) is 0 Å². The Morgan fingerprint density at radius 2 is 2.20 bits per heavy atom. The minimum atomic E-state index is -0.466. The molecule has 20 heavy (non-hydrogen) atoms. The van der Waals surface area contributed by atoms with Crippen molar-refractivity contribution < 1.29 is 5.11 Å². The molecule has 2 nitrogen and oxygen atoms in total. The van der Waals surface area contributed by atoms with E-state index in [0.29, 0.717) is 11.4 Å². The second kappa shape index (κ2) is 7.57. The lowest BCUT2D eigenvalue weighted by Crippen LogP contribution is -2.20. The molecule has 1 aromatic carbocycles. The molecule has 0 saturated heterocycles. The first-order chi connectivity index (χ1) is 9.54. The molecular formula is C15H17BrClNOS. The minimum absolute atomic E-state index is 0.466. The van der Waals surface area contributed by atoms with Gasteiger partial charge in [-0.15, -0.1) is 11.3 Å². The van der Waals surface area contributed by atoms with E-state index in [2.05, 4.69) is 39.3 Å². The van der Waals surface area contributed by atoms with E-state index in [0.717, 1.165) is 23.1 Å². The van der Waals surface area contributed by atoms with E-state index in [9.17, 15) is 5.11 Å². The van der Waals surface area contributed by atoms with E-state index in [1.54, 1.807) is 11.3 Å². The number of hydrogen-bond donors (Lipinski definition) is 1. The number of hydrogen-bond acceptors (Lipinski definition) is 3. The van der Waals surface area contributed by atoms with Crippen molar-refractivity contribution >= 4 is 38.9 Å². The highest BCUT2D eigenvalue weighted by atomic mass is 79.9. The lowest BCUT2D eigenvalue weighted by Gasteiger charge is -2.18. The third-order valence-electron chi connectivity index (χ3n) is 3.07. The molecule has 1 heterocycles. The Morgan fingerprint density at radius 3 is 2.85 bits per heavy atom. The van der Waals surface area contributed by atoms with Crippen molar-refractivity contribution in [2.75, 3.05) is 13.6 Å². The first kappa shape index (κ1) is 16.0. The third kappa shape index (κ3) is 4.86. The van der Waals surface area contributed by atoms with Gasteiger partial charge in [-0.3, -0.25) is 0 Å². The number of aliphatic hydroxyl groups excluding tert-OH is 1. The van der Waals surface area contributed by atoms with Crippen molar-refractivity contribution in [3.8, 4) is 0 Å². The summed E-state index contributed by atoms with van der Waals surface area (Å²) in [6, 6.07) is 9.55. The quantitative estimate of drug-likeness (QED) is 0.791. The van der Waals surface area contributed by atoms with E-state index in [-0.39, 0.29) is 0 Å². The SMILES string of the molecule is CN(CCC(O)c1cccc(Cl)c1)Cc1cc(Br)cs1. The Bertz CT molecular complexity index is 560. The van der Waals surface area contributed by atoms with Crippen LogP contribution in [0, 0.1) is 0 Å². The lowest BCUT2D eigenvalue weighted by molar-refractivity contribution is 0.148. The molecule has 0 aliphatic carbocycles. The molecule has 0 amide bonds. The van der Waals surface area contributed by atoms with Crippen LogP contribution < -0.4 is 0 Å². The minimum Gasteiger partial charge on any atom is -0.388 e. The summed E-state index contributed by atoms with van der Waals surface area (Å²) in [5.41, 5.74) is 0.879. The van der Waals surface area contributed by atoms with Crippen LogP contribution in [0.1, 0.15) is 23.0 Å². The summed E-state index contributed by atoms with van der Waals surface area (Å²) in [5, 5.41) is 12.9. The molecule has 1 atom stereocenters. The molecule has 1 aromatic heterocycles. The molecule has 0 aliphatic rings. The molecule has 1 unspecified atom stereocenters. The highest BCUT2D eigenvalue weighted by molar-refractivity contribution is 9.10. The summed E-state index contributed by atoms with van der Waals surface area (Å²) in [7, 11) is 2.07. The molecular weight excluding hydrogens is 358 g/mol. The molecule has 2 aromatic rings. The number of nitrogens with zero attached hydrogens (tertiary/aromatic N) is 1.